The normalized spacial score (nSPS) is 21.0. The quantitative estimate of drug-likeness (QED) is 0.489. The van der Waals surface area contributed by atoms with Crippen LogP contribution in [0.5, 0.6) is 0 Å². The average Bonchev–Trinajstić information content (AvgIpc) is 1.63. The predicted octanol–water partition coefficient (Wildman–Crippen LogP) is 0.970. The lowest BCUT2D eigenvalue weighted by molar-refractivity contribution is 0.184. The van der Waals surface area contributed by atoms with Crippen molar-refractivity contribution >= 4 is 23.4 Å². The molecule has 0 saturated carbocycles. The van der Waals surface area contributed by atoms with Crippen LogP contribution in [-0.4, -0.2) is 21.3 Å². The Hall–Kier alpha value is 0.560. The molecule has 0 rings (SSSR count). The molecule has 0 aromatic heterocycles. The van der Waals surface area contributed by atoms with E-state index in [1.165, 1.54) is 11.8 Å². The zero-order chi connectivity index (χ0) is 7.44. The molecular formula is C5H12ClNOS. The molecule has 0 aromatic rings. The third-order valence-electron chi connectivity index (χ3n) is 0.883. The molecule has 0 aliphatic rings. The van der Waals surface area contributed by atoms with Gasteiger partial charge in [-0.05, 0) is 13.8 Å². The number of hydrogen-bond acceptors (Lipinski definition) is 3. The first-order valence-electron chi connectivity index (χ1n) is 2.77. The van der Waals surface area contributed by atoms with Crippen molar-refractivity contribution in [2.45, 2.75) is 30.0 Å². The molecule has 2 nitrogen and oxygen atoms in total. The van der Waals surface area contributed by atoms with Gasteiger partial charge < -0.3 is 10.8 Å². The molecular weight excluding hydrogens is 158 g/mol. The minimum atomic E-state index is -0.767. The van der Waals surface area contributed by atoms with E-state index in [-0.39, 0.29) is 9.96 Å². The highest BCUT2D eigenvalue weighted by Crippen LogP contribution is 2.20. The highest BCUT2D eigenvalue weighted by atomic mass is 35.5. The smallest absolute Gasteiger partial charge is 0.114 e. The van der Waals surface area contributed by atoms with Gasteiger partial charge in [-0.25, -0.2) is 0 Å². The van der Waals surface area contributed by atoms with Gasteiger partial charge >= 0.3 is 0 Å². The second-order valence-corrected chi connectivity index (χ2v) is 4.51. The number of aliphatic hydroxyl groups excluding tert-OH is 1. The number of halogens is 1. The van der Waals surface area contributed by atoms with Crippen molar-refractivity contribution in [3.05, 3.63) is 0 Å². The number of alkyl halides is 1. The van der Waals surface area contributed by atoms with E-state index in [1.54, 1.807) is 0 Å². The molecule has 0 radical (unpaired) electrons. The van der Waals surface area contributed by atoms with E-state index < -0.39 is 6.23 Å². The maximum Gasteiger partial charge on any atom is 0.114 e. The molecule has 3 unspecified atom stereocenters. The monoisotopic (exact) mass is 169 g/mol. The summed E-state index contributed by atoms with van der Waals surface area (Å²) in [5.41, 5.74) is 5.16. The fourth-order valence-corrected chi connectivity index (χ4v) is 1.62. The number of rotatable bonds is 3. The average molecular weight is 170 g/mol. The van der Waals surface area contributed by atoms with E-state index in [0.717, 1.165) is 0 Å². The third kappa shape index (κ3) is 5.03. The van der Waals surface area contributed by atoms with Gasteiger partial charge in [-0.15, -0.1) is 23.4 Å². The van der Waals surface area contributed by atoms with Crippen LogP contribution in [0.15, 0.2) is 0 Å². The minimum absolute atomic E-state index is 0.0116. The zero-order valence-corrected chi connectivity index (χ0v) is 7.12. The van der Waals surface area contributed by atoms with Gasteiger partial charge in [0.2, 0.25) is 0 Å². The fraction of sp³-hybridized carbons (Fsp3) is 1.00. The van der Waals surface area contributed by atoms with Gasteiger partial charge in [0.15, 0.2) is 0 Å². The molecule has 0 heterocycles. The Kier molecular flexibility index (Phi) is 4.66. The number of aliphatic hydroxyl groups is 1. The minimum Gasteiger partial charge on any atom is -0.378 e. The predicted molar refractivity (Wildman–Crippen MR) is 42.6 cm³/mol. The van der Waals surface area contributed by atoms with Crippen LogP contribution < -0.4 is 5.73 Å². The summed E-state index contributed by atoms with van der Waals surface area (Å²) in [5.74, 6) is 0. The topological polar surface area (TPSA) is 46.2 Å². The lowest BCUT2D eigenvalue weighted by atomic mass is 10.4. The first-order chi connectivity index (χ1) is 4.04. The largest absolute Gasteiger partial charge is 0.378 e. The highest BCUT2D eigenvalue weighted by Gasteiger charge is 2.11. The summed E-state index contributed by atoms with van der Waals surface area (Å²) in [4.78, 5) is 0. The van der Waals surface area contributed by atoms with Crippen LogP contribution in [0.2, 0.25) is 0 Å². The Labute approximate surface area is 64.8 Å². The van der Waals surface area contributed by atoms with Crippen molar-refractivity contribution < 1.29 is 5.11 Å². The van der Waals surface area contributed by atoms with Gasteiger partial charge in [0, 0.05) is 5.25 Å². The van der Waals surface area contributed by atoms with Gasteiger partial charge in [-0.1, -0.05) is 0 Å². The van der Waals surface area contributed by atoms with Gasteiger partial charge in [0.1, 0.15) is 6.23 Å². The molecule has 0 amide bonds. The molecule has 0 fully saturated rings. The molecule has 4 heteroatoms. The first kappa shape index (κ1) is 9.56. The Morgan fingerprint density at radius 2 is 2.00 bits per heavy atom. The van der Waals surface area contributed by atoms with E-state index in [1.807, 2.05) is 13.8 Å². The maximum absolute atomic E-state index is 8.77. The molecule has 9 heavy (non-hydrogen) atoms. The summed E-state index contributed by atoms with van der Waals surface area (Å²) in [6.07, 6.45) is -0.767. The summed E-state index contributed by atoms with van der Waals surface area (Å²) < 4.78 is 0.0122. The van der Waals surface area contributed by atoms with Crippen molar-refractivity contribution in [3.8, 4) is 0 Å². The van der Waals surface area contributed by atoms with Crippen LogP contribution in [0.25, 0.3) is 0 Å². The Morgan fingerprint density at radius 3 is 2.11 bits per heavy atom. The Morgan fingerprint density at radius 1 is 1.56 bits per heavy atom. The van der Waals surface area contributed by atoms with Gasteiger partial charge in [-0.2, -0.15) is 0 Å². The second kappa shape index (κ2) is 4.39. The van der Waals surface area contributed by atoms with Crippen LogP contribution >= 0.6 is 23.4 Å². The van der Waals surface area contributed by atoms with E-state index >= 15 is 0 Å². The van der Waals surface area contributed by atoms with E-state index in [2.05, 4.69) is 0 Å². The van der Waals surface area contributed by atoms with Gasteiger partial charge in [0.05, 0.1) is 4.71 Å². The molecule has 56 valence electrons. The van der Waals surface area contributed by atoms with E-state index in [4.69, 9.17) is 22.4 Å². The molecule has 3 atom stereocenters. The summed E-state index contributed by atoms with van der Waals surface area (Å²) >= 11 is 7.07. The van der Waals surface area contributed by atoms with Gasteiger partial charge in [-0.3, -0.25) is 0 Å². The maximum atomic E-state index is 8.77. The third-order valence-corrected chi connectivity index (χ3v) is 2.27. The standard InChI is InChI=1S/C5H12ClNOS/c1-3(5(7)8)9-4(2)6/h3-5,8H,7H2,1-2H3. The first-order valence-corrected chi connectivity index (χ1v) is 4.15. The van der Waals surface area contributed by atoms with Crippen molar-refractivity contribution in [1.82, 2.24) is 0 Å². The summed E-state index contributed by atoms with van der Waals surface area (Å²) in [5, 5.41) is 8.78. The van der Waals surface area contributed by atoms with Crippen molar-refractivity contribution in [3.63, 3.8) is 0 Å². The number of hydrogen-bond donors (Lipinski definition) is 2. The van der Waals surface area contributed by atoms with Crippen molar-refractivity contribution in [2.24, 2.45) is 5.73 Å². The number of nitrogens with two attached hydrogens (primary N) is 1. The molecule has 0 bridgehead atoms. The summed E-state index contributed by atoms with van der Waals surface area (Å²) in [7, 11) is 0. The molecule has 0 spiro atoms. The zero-order valence-electron chi connectivity index (χ0n) is 5.54. The van der Waals surface area contributed by atoms with Gasteiger partial charge in [0.25, 0.3) is 0 Å². The lowest BCUT2D eigenvalue weighted by Gasteiger charge is -2.14. The fourth-order valence-electron chi connectivity index (χ4n) is 0.376. The second-order valence-electron chi connectivity index (χ2n) is 1.87. The SMILES string of the molecule is CC(Cl)SC(C)C(N)O. The molecule has 0 aromatic carbocycles. The van der Waals surface area contributed by atoms with E-state index in [9.17, 15) is 0 Å². The van der Waals surface area contributed by atoms with Crippen LogP contribution in [-0.2, 0) is 0 Å². The molecule has 3 N–H and O–H groups in total. The molecule has 0 saturated heterocycles. The van der Waals surface area contributed by atoms with Crippen LogP contribution in [0.1, 0.15) is 13.8 Å². The van der Waals surface area contributed by atoms with Crippen molar-refractivity contribution in [2.75, 3.05) is 0 Å². The van der Waals surface area contributed by atoms with Crippen LogP contribution in [0.4, 0.5) is 0 Å². The Balaban J connectivity index is 3.38. The molecule has 0 aliphatic carbocycles. The lowest BCUT2D eigenvalue weighted by Crippen LogP contribution is -2.30. The summed E-state index contributed by atoms with van der Waals surface area (Å²) in [6.45, 7) is 3.69. The van der Waals surface area contributed by atoms with E-state index in [0.29, 0.717) is 0 Å². The number of thioether (sulfide) groups is 1. The van der Waals surface area contributed by atoms with Crippen LogP contribution in [0, 0.1) is 0 Å². The summed E-state index contributed by atoms with van der Waals surface area (Å²) in [6, 6.07) is 0. The molecule has 0 aliphatic heterocycles. The Bertz CT molecular complexity index is 79.4. The highest BCUT2D eigenvalue weighted by molar-refractivity contribution is 8.01. The van der Waals surface area contributed by atoms with Crippen LogP contribution in [0.3, 0.4) is 0 Å². The van der Waals surface area contributed by atoms with Crippen molar-refractivity contribution in [1.29, 1.82) is 0 Å².